The Labute approximate surface area is 124 Å². The molecule has 1 aromatic heterocycles. The van der Waals surface area contributed by atoms with E-state index >= 15 is 0 Å². The van der Waals surface area contributed by atoms with Crippen molar-refractivity contribution in [1.82, 2.24) is 20.0 Å². The molecule has 0 bridgehead atoms. The van der Waals surface area contributed by atoms with Crippen molar-refractivity contribution in [2.75, 3.05) is 26.2 Å². The molecule has 0 atom stereocenters. The molecule has 108 valence electrons. The Morgan fingerprint density at radius 1 is 1.32 bits per heavy atom. The normalized spacial score (nSPS) is 16.4. The Morgan fingerprint density at radius 3 is 2.68 bits per heavy atom. The van der Waals surface area contributed by atoms with Gasteiger partial charge in [-0.15, -0.1) is 0 Å². The van der Waals surface area contributed by atoms with Gasteiger partial charge in [0.2, 0.25) is 0 Å². The first-order valence-electron chi connectivity index (χ1n) is 7.35. The van der Waals surface area contributed by atoms with E-state index in [1.54, 1.807) is 0 Å². The van der Waals surface area contributed by atoms with Crippen molar-refractivity contribution in [2.24, 2.45) is 7.05 Å². The standard InChI is InChI=1S/C14H25BrN4/c1-3-12-14(15)13(18(2)17-12)11-16-7-6-10-19-8-4-5-9-19/h16H,3-11H2,1-2H3. The minimum absolute atomic E-state index is 0.893. The second-order valence-electron chi connectivity index (χ2n) is 5.26. The van der Waals surface area contributed by atoms with Gasteiger partial charge in [-0.1, -0.05) is 6.92 Å². The summed E-state index contributed by atoms with van der Waals surface area (Å²) in [4.78, 5) is 2.57. The zero-order chi connectivity index (χ0) is 13.7. The van der Waals surface area contributed by atoms with E-state index in [0.717, 1.165) is 25.2 Å². The lowest BCUT2D eigenvalue weighted by atomic mass is 10.3. The highest BCUT2D eigenvalue weighted by Gasteiger charge is 2.12. The van der Waals surface area contributed by atoms with Crippen LogP contribution in [0.5, 0.6) is 0 Å². The maximum absolute atomic E-state index is 4.51. The molecule has 0 radical (unpaired) electrons. The molecule has 0 aromatic carbocycles. The first kappa shape index (κ1) is 15.0. The summed E-state index contributed by atoms with van der Waals surface area (Å²) in [6.07, 6.45) is 4.98. The molecule has 1 saturated heterocycles. The molecule has 1 fully saturated rings. The third kappa shape index (κ3) is 4.04. The summed E-state index contributed by atoms with van der Waals surface area (Å²) in [7, 11) is 2.02. The zero-order valence-corrected chi connectivity index (χ0v) is 13.7. The Kier molecular flexibility index (Phi) is 5.85. The number of halogens is 1. The minimum Gasteiger partial charge on any atom is -0.311 e. The Bertz CT molecular complexity index is 396. The fourth-order valence-corrected chi connectivity index (χ4v) is 3.41. The molecule has 0 unspecified atom stereocenters. The van der Waals surface area contributed by atoms with Gasteiger partial charge in [-0.25, -0.2) is 0 Å². The highest BCUT2D eigenvalue weighted by atomic mass is 79.9. The van der Waals surface area contributed by atoms with Crippen molar-refractivity contribution in [2.45, 2.75) is 39.2 Å². The lowest BCUT2D eigenvalue weighted by Crippen LogP contribution is -2.25. The van der Waals surface area contributed by atoms with Crippen LogP contribution in [-0.4, -0.2) is 40.9 Å². The smallest absolute Gasteiger partial charge is 0.0767 e. The molecule has 2 heterocycles. The molecular formula is C14H25BrN4. The number of nitrogens with one attached hydrogen (secondary N) is 1. The summed E-state index contributed by atoms with van der Waals surface area (Å²) in [6, 6.07) is 0. The van der Waals surface area contributed by atoms with Gasteiger partial charge in [-0.3, -0.25) is 4.68 Å². The van der Waals surface area contributed by atoms with E-state index in [2.05, 4.69) is 38.2 Å². The van der Waals surface area contributed by atoms with Gasteiger partial charge in [0, 0.05) is 13.6 Å². The van der Waals surface area contributed by atoms with Gasteiger partial charge in [0.05, 0.1) is 15.9 Å². The van der Waals surface area contributed by atoms with Gasteiger partial charge in [0.15, 0.2) is 0 Å². The molecule has 0 amide bonds. The topological polar surface area (TPSA) is 33.1 Å². The van der Waals surface area contributed by atoms with E-state index in [-0.39, 0.29) is 0 Å². The van der Waals surface area contributed by atoms with Crippen molar-refractivity contribution in [3.05, 3.63) is 15.9 Å². The third-order valence-electron chi connectivity index (χ3n) is 3.82. The number of aromatic nitrogens is 2. The van der Waals surface area contributed by atoms with Crippen molar-refractivity contribution >= 4 is 15.9 Å². The first-order valence-corrected chi connectivity index (χ1v) is 8.15. The van der Waals surface area contributed by atoms with Crippen molar-refractivity contribution in [3.63, 3.8) is 0 Å². The SMILES string of the molecule is CCc1nn(C)c(CNCCCN2CCCC2)c1Br. The van der Waals surface area contributed by atoms with E-state index in [4.69, 9.17) is 0 Å². The molecule has 0 saturated carbocycles. The predicted molar refractivity (Wildman–Crippen MR) is 82.3 cm³/mol. The Balaban J connectivity index is 1.69. The summed E-state index contributed by atoms with van der Waals surface area (Å²) in [5, 5.41) is 8.04. The lowest BCUT2D eigenvalue weighted by molar-refractivity contribution is 0.330. The Morgan fingerprint density at radius 2 is 2.05 bits per heavy atom. The van der Waals surface area contributed by atoms with Crippen LogP contribution in [0.15, 0.2) is 4.47 Å². The van der Waals surface area contributed by atoms with Crippen LogP contribution in [0, 0.1) is 0 Å². The predicted octanol–water partition coefficient (Wildman–Crippen LogP) is 2.32. The Hall–Kier alpha value is -0.390. The fraction of sp³-hybridized carbons (Fsp3) is 0.786. The summed E-state index contributed by atoms with van der Waals surface area (Å²) in [5.74, 6) is 0. The second-order valence-corrected chi connectivity index (χ2v) is 6.06. The summed E-state index contributed by atoms with van der Waals surface area (Å²) in [5.41, 5.74) is 2.40. The maximum atomic E-state index is 4.51. The lowest BCUT2D eigenvalue weighted by Gasteiger charge is -2.14. The van der Waals surface area contributed by atoms with Crippen LogP contribution in [0.25, 0.3) is 0 Å². The number of likely N-dealkylation sites (tertiary alicyclic amines) is 1. The van der Waals surface area contributed by atoms with Crippen LogP contribution in [0.2, 0.25) is 0 Å². The van der Waals surface area contributed by atoms with Crippen molar-refractivity contribution in [1.29, 1.82) is 0 Å². The zero-order valence-electron chi connectivity index (χ0n) is 12.1. The van der Waals surface area contributed by atoms with Crippen LogP contribution in [0.4, 0.5) is 0 Å². The van der Waals surface area contributed by atoms with Gasteiger partial charge in [-0.05, 0) is 67.8 Å². The molecule has 1 N–H and O–H groups in total. The number of rotatable bonds is 7. The molecule has 0 spiro atoms. The average Bonchev–Trinajstić information content (AvgIpc) is 3.00. The molecule has 1 aliphatic heterocycles. The average molecular weight is 329 g/mol. The molecule has 19 heavy (non-hydrogen) atoms. The molecule has 5 heteroatoms. The molecule has 1 aliphatic rings. The highest BCUT2D eigenvalue weighted by Crippen LogP contribution is 2.21. The third-order valence-corrected chi connectivity index (χ3v) is 4.74. The first-order chi connectivity index (χ1) is 9.22. The van der Waals surface area contributed by atoms with Gasteiger partial charge >= 0.3 is 0 Å². The van der Waals surface area contributed by atoms with Gasteiger partial charge in [0.25, 0.3) is 0 Å². The highest BCUT2D eigenvalue weighted by molar-refractivity contribution is 9.10. The van der Waals surface area contributed by atoms with Crippen LogP contribution >= 0.6 is 15.9 Å². The molecule has 4 nitrogen and oxygen atoms in total. The van der Waals surface area contributed by atoms with E-state index < -0.39 is 0 Å². The number of aryl methyl sites for hydroxylation is 2. The maximum Gasteiger partial charge on any atom is 0.0767 e. The fourth-order valence-electron chi connectivity index (χ4n) is 2.65. The van der Waals surface area contributed by atoms with Crippen molar-refractivity contribution < 1.29 is 0 Å². The van der Waals surface area contributed by atoms with Crippen LogP contribution in [0.3, 0.4) is 0 Å². The minimum atomic E-state index is 0.893. The van der Waals surface area contributed by atoms with Gasteiger partial charge in [0.1, 0.15) is 0 Å². The summed E-state index contributed by atoms with van der Waals surface area (Å²) in [6.45, 7) is 7.94. The monoisotopic (exact) mass is 328 g/mol. The summed E-state index contributed by atoms with van der Waals surface area (Å²) >= 11 is 3.65. The van der Waals surface area contributed by atoms with Crippen LogP contribution in [-0.2, 0) is 20.0 Å². The molecular weight excluding hydrogens is 304 g/mol. The molecule has 0 aliphatic carbocycles. The number of hydrogen-bond donors (Lipinski definition) is 1. The number of hydrogen-bond acceptors (Lipinski definition) is 3. The van der Waals surface area contributed by atoms with Crippen LogP contribution in [0.1, 0.15) is 37.6 Å². The second kappa shape index (κ2) is 7.41. The molecule has 2 rings (SSSR count). The van der Waals surface area contributed by atoms with E-state index in [1.807, 2.05) is 11.7 Å². The summed E-state index contributed by atoms with van der Waals surface area (Å²) < 4.78 is 3.15. The number of nitrogens with zero attached hydrogens (tertiary/aromatic N) is 3. The van der Waals surface area contributed by atoms with E-state index in [1.165, 1.54) is 49.1 Å². The van der Waals surface area contributed by atoms with Crippen molar-refractivity contribution in [3.8, 4) is 0 Å². The molecule has 1 aromatic rings. The van der Waals surface area contributed by atoms with Crippen LogP contribution < -0.4 is 5.32 Å². The van der Waals surface area contributed by atoms with Gasteiger partial charge in [-0.2, -0.15) is 5.10 Å². The largest absolute Gasteiger partial charge is 0.311 e. The van der Waals surface area contributed by atoms with E-state index in [0.29, 0.717) is 0 Å². The quantitative estimate of drug-likeness (QED) is 0.780. The van der Waals surface area contributed by atoms with Gasteiger partial charge < -0.3 is 10.2 Å². The van der Waals surface area contributed by atoms with E-state index in [9.17, 15) is 0 Å².